The van der Waals surface area contributed by atoms with E-state index in [1.54, 1.807) is 7.11 Å². The number of rotatable bonds is 8. The maximum Gasteiger partial charge on any atom is 0.161 e. The first kappa shape index (κ1) is 21.9. The standard InChI is InChI=1S/C24H38N2O4/c1-17-10-25(11-18(2)30-17)15-22(27)16-29-24-9-19(7-8-23(24)28-3)12-26-13-20-5-4-6-21(20)14-26/h7-9,17-18,20-22,27H,4-6,10-16H2,1-3H3/t17-,18+,20-,21+,22?. The molecule has 3 fully saturated rings. The molecule has 5 atom stereocenters. The molecule has 2 saturated heterocycles. The number of nitrogens with zero attached hydrogens (tertiary/aromatic N) is 2. The van der Waals surface area contributed by atoms with Crippen molar-refractivity contribution in [1.82, 2.24) is 9.80 Å². The lowest BCUT2D eigenvalue weighted by atomic mass is 10.0. The van der Waals surface area contributed by atoms with Crippen LogP contribution in [0.5, 0.6) is 11.5 Å². The Hall–Kier alpha value is -1.34. The van der Waals surface area contributed by atoms with Crippen LogP contribution < -0.4 is 9.47 Å². The molecule has 4 rings (SSSR count). The number of morpholine rings is 1. The van der Waals surface area contributed by atoms with Crippen LogP contribution in [0.25, 0.3) is 0 Å². The molecule has 2 aliphatic heterocycles. The summed E-state index contributed by atoms with van der Waals surface area (Å²) in [5, 5.41) is 10.5. The SMILES string of the molecule is COc1ccc(CN2C[C@H]3CCC[C@H]3C2)cc1OCC(O)CN1C[C@@H](C)O[C@@H](C)C1. The molecule has 1 aromatic rings. The number of methoxy groups -OCH3 is 1. The van der Waals surface area contributed by atoms with Gasteiger partial charge in [-0.05, 0) is 56.2 Å². The number of β-amino-alcohol motifs (C(OH)–C–C–N with tert-alkyl or cyclic N) is 1. The number of benzene rings is 1. The highest BCUT2D eigenvalue weighted by Gasteiger charge is 2.35. The van der Waals surface area contributed by atoms with Gasteiger partial charge in [0.25, 0.3) is 0 Å². The van der Waals surface area contributed by atoms with Crippen molar-refractivity contribution in [3.8, 4) is 11.5 Å². The topological polar surface area (TPSA) is 54.4 Å². The van der Waals surface area contributed by atoms with Crippen LogP contribution in [0.3, 0.4) is 0 Å². The van der Waals surface area contributed by atoms with Crippen molar-refractivity contribution in [2.24, 2.45) is 11.8 Å². The minimum atomic E-state index is -0.547. The average Bonchev–Trinajstić information content (AvgIpc) is 3.27. The quantitative estimate of drug-likeness (QED) is 0.701. The molecule has 6 nitrogen and oxygen atoms in total. The van der Waals surface area contributed by atoms with Gasteiger partial charge in [-0.15, -0.1) is 0 Å². The second kappa shape index (κ2) is 9.86. The molecule has 2 heterocycles. The molecule has 1 saturated carbocycles. The lowest BCUT2D eigenvalue weighted by molar-refractivity contribution is -0.0787. The second-order valence-electron chi connectivity index (χ2n) is 9.57. The second-order valence-corrected chi connectivity index (χ2v) is 9.57. The normalized spacial score (nSPS) is 30.9. The van der Waals surface area contributed by atoms with E-state index in [2.05, 4.69) is 35.8 Å². The molecule has 0 radical (unpaired) electrons. The van der Waals surface area contributed by atoms with Gasteiger partial charge in [-0.3, -0.25) is 9.80 Å². The van der Waals surface area contributed by atoms with Crippen molar-refractivity contribution in [3.63, 3.8) is 0 Å². The molecular formula is C24H38N2O4. The largest absolute Gasteiger partial charge is 0.493 e. The third kappa shape index (κ3) is 5.47. The van der Waals surface area contributed by atoms with Gasteiger partial charge in [0.05, 0.1) is 19.3 Å². The van der Waals surface area contributed by atoms with E-state index in [1.807, 2.05) is 6.07 Å². The highest BCUT2D eigenvalue weighted by atomic mass is 16.5. The van der Waals surface area contributed by atoms with Gasteiger partial charge >= 0.3 is 0 Å². The summed E-state index contributed by atoms with van der Waals surface area (Å²) in [5.41, 5.74) is 1.25. The van der Waals surface area contributed by atoms with Crippen LogP contribution in [0.2, 0.25) is 0 Å². The minimum absolute atomic E-state index is 0.198. The van der Waals surface area contributed by atoms with Gasteiger partial charge in [0.2, 0.25) is 0 Å². The molecule has 1 unspecified atom stereocenters. The van der Waals surface area contributed by atoms with Crippen LogP contribution in [0.15, 0.2) is 18.2 Å². The van der Waals surface area contributed by atoms with Gasteiger partial charge in [0.15, 0.2) is 11.5 Å². The predicted octanol–water partition coefficient (Wildman–Crippen LogP) is 2.78. The average molecular weight is 419 g/mol. The molecule has 30 heavy (non-hydrogen) atoms. The summed E-state index contributed by atoms with van der Waals surface area (Å²) < 4.78 is 17.3. The van der Waals surface area contributed by atoms with Gasteiger partial charge in [0, 0.05) is 39.3 Å². The van der Waals surface area contributed by atoms with Crippen LogP contribution in [0, 0.1) is 11.8 Å². The van der Waals surface area contributed by atoms with Gasteiger partial charge in [-0.2, -0.15) is 0 Å². The van der Waals surface area contributed by atoms with Crippen LogP contribution >= 0.6 is 0 Å². The number of fused-ring (bicyclic) bond motifs is 1. The summed E-state index contributed by atoms with van der Waals surface area (Å²) in [6.45, 7) is 10.1. The monoisotopic (exact) mass is 418 g/mol. The Balaban J connectivity index is 1.31. The summed E-state index contributed by atoms with van der Waals surface area (Å²) in [4.78, 5) is 4.83. The minimum Gasteiger partial charge on any atom is -0.493 e. The fourth-order valence-corrected chi connectivity index (χ4v) is 5.62. The fourth-order valence-electron chi connectivity index (χ4n) is 5.62. The zero-order valence-electron chi connectivity index (χ0n) is 18.8. The van der Waals surface area contributed by atoms with Gasteiger partial charge in [-0.25, -0.2) is 0 Å². The Labute approximate surface area is 181 Å². The zero-order valence-corrected chi connectivity index (χ0v) is 18.8. The van der Waals surface area contributed by atoms with Gasteiger partial charge in [0.1, 0.15) is 12.7 Å². The molecule has 1 N–H and O–H groups in total. The molecular weight excluding hydrogens is 380 g/mol. The number of hydrogen-bond acceptors (Lipinski definition) is 6. The van der Waals surface area contributed by atoms with E-state index in [0.717, 1.165) is 43.0 Å². The molecule has 1 aromatic carbocycles. The number of likely N-dealkylation sites (tertiary alicyclic amines) is 1. The molecule has 0 amide bonds. The smallest absolute Gasteiger partial charge is 0.161 e. The number of hydrogen-bond donors (Lipinski definition) is 1. The highest BCUT2D eigenvalue weighted by molar-refractivity contribution is 5.43. The number of aliphatic hydroxyl groups excluding tert-OH is 1. The van der Waals surface area contributed by atoms with Crippen molar-refractivity contribution < 1.29 is 19.3 Å². The van der Waals surface area contributed by atoms with E-state index in [4.69, 9.17) is 14.2 Å². The van der Waals surface area contributed by atoms with Crippen molar-refractivity contribution >= 4 is 0 Å². The highest BCUT2D eigenvalue weighted by Crippen LogP contribution is 2.38. The lowest BCUT2D eigenvalue weighted by Gasteiger charge is -2.36. The van der Waals surface area contributed by atoms with Crippen LogP contribution in [0.4, 0.5) is 0 Å². The molecule has 0 spiro atoms. The molecule has 168 valence electrons. The van der Waals surface area contributed by atoms with E-state index >= 15 is 0 Å². The maximum atomic E-state index is 10.5. The van der Waals surface area contributed by atoms with Crippen LogP contribution in [0.1, 0.15) is 38.7 Å². The summed E-state index contributed by atoms with van der Waals surface area (Å²) in [6, 6.07) is 6.20. The summed E-state index contributed by atoms with van der Waals surface area (Å²) in [6.07, 6.45) is 4.06. The fraction of sp³-hybridized carbons (Fsp3) is 0.750. The summed E-state index contributed by atoms with van der Waals surface area (Å²) >= 11 is 0. The third-order valence-corrected chi connectivity index (χ3v) is 6.83. The summed E-state index contributed by atoms with van der Waals surface area (Å²) in [7, 11) is 1.66. The van der Waals surface area contributed by atoms with Crippen molar-refractivity contribution in [1.29, 1.82) is 0 Å². The first-order valence-corrected chi connectivity index (χ1v) is 11.6. The third-order valence-electron chi connectivity index (χ3n) is 6.83. The number of ether oxygens (including phenoxy) is 3. The van der Waals surface area contributed by atoms with Gasteiger partial charge in [-0.1, -0.05) is 12.5 Å². The lowest BCUT2D eigenvalue weighted by Crippen LogP contribution is -2.48. The zero-order chi connectivity index (χ0) is 21.1. The Morgan fingerprint density at radius 2 is 1.73 bits per heavy atom. The first-order chi connectivity index (χ1) is 14.5. The number of aliphatic hydroxyl groups is 1. The summed E-state index contributed by atoms with van der Waals surface area (Å²) in [5.74, 6) is 3.24. The maximum absolute atomic E-state index is 10.5. The molecule has 0 bridgehead atoms. The van der Waals surface area contributed by atoms with E-state index in [-0.39, 0.29) is 18.8 Å². The van der Waals surface area contributed by atoms with Crippen LogP contribution in [-0.2, 0) is 11.3 Å². The van der Waals surface area contributed by atoms with Crippen molar-refractivity contribution in [3.05, 3.63) is 23.8 Å². The molecule has 0 aromatic heterocycles. The van der Waals surface area contributed by atoms with E-state index in [1.165, 1.54) is 37.9 Å². The van der Waals surface area contributed by atoms with Crippen molar-refractivity contribution in [2.45, 2.75) is 58.0 Å². The molecule has 3 aliphatic rings. The Morgan fingerprint density at radius 1 is 1.03 bits per heavy atom. The van der Waals surface area contributed by atoms with E-state index < -0.39 is 6.10 Å². The Bertz CT molecular complexity index is 678. The van der Waals surface area contributed by atoms with Crippen LogP contribution in [-0.4, -0.2) is 79.7 Å². The van der Waals surface area contributed by atoms with E-state index in [9.17, 15) is 5.11 Å². The predicted molar refractivity (Wildman–Crippen MR) is 117 cm³/mol. The van der Waals surface area contributed by atoms with Gasteiger partial charge < -0.3 is 19.3 Å². The molecule has 6 heteroatoms. The van der Waals surface area contributed by atoms with E-state index in [0.29, 0.717) is 6.54 Å². The Kier molecular flexibility index (Phi) is 7.19. The van der Waals surface area contributed by atoms with Crippen molar-refractivity contribution in [2.75, 3.05) is 46.4 Å². The molecule has 1 aliphatic carbocycles. The first-order valence-electron chi connectivity index (χ1n) is 11.6. The Morgan fingerprint density at radius 3 is 2.40 bits per heavy atom.